The maximum Gasteiger partial charge on any atom is 0.301 e. The Balaban J connectivity index is 1.90. The van der Waals surface area contributed by atoms with Gasteiger partial charge in [0.25, 0.3) is 0 Å². The van der Waals surface area contributed by atoms with Crippen molar-refractivity contribution in [2.75, 3.05) is 18.8 Å². The van der Waals surface area contributed by atoms with Gasteiger partial charge in [-0.3, -0.25) is 4.72 Å². The van der Waals surface area contributed by atoms with E-state index in [-0.39, 0.29) is 11.4 Å². The zero-order valence-corrected chi connectivity index (χ0v) is 14.9. The molecule has 0 radical (unpaired) electrons. The number of anilines is 1. The molecule has 11 heteroatoms. The number of aromatic nitrogens is 2. The van der Waals surface area contributed by atoms with Gasteiger partial charge in [0.15, 0.2) is 10.6 Å². The molecular weight excluding hydrogens is 364 g/mol. The molecule has 25 heavy (non-hydrogen) atoms. The van der Waals surface area contributed by atoms with Crippen molar-refractivity contribution in [3.8, 4) is 5.75 Å². The van der Waals surface area contributed by atoms with Crippen molar-refractivity contribution in [2.45, 2.75) is 0 Å². The van der Waals surface area contributed by atoms with E-state index in [9.17, 15) is 13.5 Å². The Morgan fingerprint density at radius 1 is 1.24 bits per heavy atom. The van der Waals surface area contributed by atoms with Gasteiger partial charge in [-0.05, 0) is 41.9 Å². The molecule has 3 aromatic rings. The number of phenols is 1. The molecule has 130 valence electrons. The number of hydrogen-bond donors (Lipinski definition) is 2. The Hall–Kier alpha value is -2.63. The lowest BCUT2D eigenvalue weighted by atomic mass is 10.3. The second kappa shape index (κ2) is 6.70. The van der Waals surface area contributed by atoms with Crippen LogP contribution >= 0.6 is 11.5 Å². The summed E-state index contributed by atoms with van der Waals surface area (Å²) in [5.41, 5.74) is 0.979. The van der Waals surface area contributed by atoms with E-state index in [1.54, 1.807) is 12.3 Å². The lowest BCUT2D eigenvalue weighted by molar-refractivity contribution is 0.477. The van der Waals surface area contributed by atoms with Gasteiger partial charge >= 0.3 is 10.2 Å². The zero-order chi connectivity index (χ0) is 18.0. The number of fused-ring (bicyclic) bond motifs is 1. The maximum absolute atomic E-state index is 11.9. The first-order chi connectivity index (χ1) is 11.9. The highest BCUT2D eigenvalue weighted by atomic mass is 32.2. The monoisotopic (exact) mass is 378 g/mol. The van der Waals surface area contributed by atoms with Crippen LogP contribution in [0.5, 0.6) is 5.75 Å². The summed E-state index contributed by atoms with van der Waals surface area (Å²) < 4.78 is 31.2. The third-order valence-electron chi connectivity index (χ3n) is 3.19. The summed E-state index contributed by atoms with van der Waals surface area (Å²) in [6, 6.07) is 7.88. The molecule has 0 unspecified atom stereocenters. The number of hydrogen-bond acceptors (Lipinski definition) is 8. The highest BCUT2D eigenvalue weighted by Gasteiger charge is 2.15. The van der Waals surface area contributed by atoms with Crippen molar-refractivity contribution in [1.82, 2.24) is 13.7 Å². The van der Waals surface area contributed by atoms with Gasteiger partial charge in [-0.2, -0.15) is 17.1 Å². The van der Waals surface area contributed by atoms with E-state index in [4.69, 9.17) is 0 Å². The van der Waals surface area contributed by atoms with E-state index in [0.717, 1.165) is 21.2 Å². The highest BCUT2D eigenvalue weighted by molar-refractivity contribution is 7.90. The fraction of sp³-hybridized carbons (Fsp3) is 0.143. The number of azo groups is 1. The summed E-state index contributed by atoms with van der Waals surface area (Å²) >= 11 is 1.16. The molecule has 2 heterocycles. The number of benzene rings is 1. The molecular formula is C14H14N6O3S2. The molecule has 9 nitrogen and oxygen atoms in total. The average molecular weight is 378 g/mol. The molecule has 0 aliphatic heterocycles. The first kappa shape index (κ1) is 17.2. The summed E-state index contributed by atoms with van der Waals surface area (Å²) in [6.45, 7) is 0. The van der Waals surface area contributed by atoms with Crippen LogP contribution in [0.3, 0.4) is 0 Å². The number of pyridine rings is 1. The topological polar surface area (TPSA) is 120 Å². The number of nitrogens with zero attached hydrogens (tertiary/aromatic N) is 5. The Bertz CT molecular complexity index is 1050. The molecule has 0 aliphatic carbocycles. The van der Waals surface area contributed by atoms with Gasteiger partial charge in [0, 0.05) is 20.3 Å². The first-order valence-corrected chi connectivity index (χ1v) is 9.23. The van der Waals surface area contributed by atoms with Crippen molar-refractivity contribution >= 4 is 49.2 Å². The lowest BCUT2D eigenvalue weighted by Gasteiger charge is -2.14. The molecule has 0 fully saturated rings. The number of aromatic hydroxyl groups is 1. The highest BCUT2D eigenvalue weighted by Crippen LogP contribution is 2.33. The lowest BCUT2D eigenvalue weighted by Crippen LogP contribution is -2.28. The van der Waals surface area contributed by atoms with E-state index in [0.29, 0.717) is 16.3 Å². The minimum Gasteiger partial charge on any atom is -0.506 e. The molecule has 0 atom stereocenters. The Kier molecular flexibility index (Phi) is 4.61. The van der Waals surface area contributed by atoms with E-state index in [2.05, 4.69) is 24.3 Å². The minimum absolute atomic E-state index is 0.0148. The third-order valence-corrected chi connectivity index (χ3v) is 5.37. The summed E-state index contributed by atoms with van der Waals surface area (Å²) in [6.07, 6.45) is 1.64. The fourth-order valence-electron chi connectivity index (χ4n) is 1.85. The predicted octanol–water partition coefficient (Wildman–Crippen LogP) is 3.03. The molecule has 0 spiro atoms. The number of phenolic OH excluding ortho intramolecular Hbond substituents is 1. The van der Waals surface area contributed by atoms with E-state index in [1.807, 2.05) is 6.07 Å². The van der Waals surface area contributed by atoms with Crippen molar-refractivity contribution in [1.29, 1.82) is 0 Å². The molecule has 0 aliphatic rings. The standard InChI is InChI=1S/C14H14N6O3S2/c1-20(2)25(22,23)19-11-8-9(5-6-12(11)21)16-17-14-10-4-3-7-15-13(10)18-24-14/h3-8,19,21H,1-2H3. The van der Waals surface area contributed by atoms with Crippen molar-refractivity contribution < 1.29 is 13.5 Å². The Labute approximate surface area is 148 Å². The van der Waals surface area contributed by atoms with Gasteiger partial charge < -0.3 is 5.11 Å². The molecule has 0 bridgehead atoms. The van der Waals surface area contributed by atoms with Gasteiger partial charge in [0.05, 0.1) is 16.8 Å². The molecule has 2 aromatic heterocycles. The van der Waals surface area contributed by atoms with Crippen LogP contribution in [0.4, 0.5) is 16.4 Å². The molecule has 3 rings (SSSR count). The predicted molar refractivity (Wildman–Crippen MR) is 95.9 cm³/mol. The SMILES string of the molecule is CN(C)S(=O)(=O)Nc1cc(N=Nc2snc3ncccc23)ccc1O. The average Bonchev–Trinajstić information content (AvgIpc) is 2.98. The van der Waals surface area contributed by atoms with E-state index < -0.39 is 10.2 Å². The maximum atomic E-state index is 11.9. The fourth-order valence-corrected chi connectivity index (χ4v) is 3.12. The quantitative estimate of drug-likeness (QED) is 0.522. The van der Waals surface area contributed by atoms with Crippen molar-refractivity contribution in [2.24, 2.45) is 10.2 Å². The van der Waals surface area contributed by atoms with Crippen LogP contribution in [-0.4, -0.2) is 41.3 Å². The van der Waals surface area contributed by atoms with Gasteiger partial charge in [-0.1, -0.05) is 0 Å². The van der Waals surface area contributed by atoms with Crippen LogP contribution in [0, 0.1) is 0 Å². The summed E-state index contributed by atoms with van der Waals surface area (Å²) in [4.78, 5) is 4.12. The van der Waals surface area contributed by atoms with Gasteiger partial charge in [-0.25, -0.2) is 4.98 Å². The Morgan fingerprint density at radius 3 is 2.80 bits per heavy atom. The van der Waals surface area contributed by atoms with Crippen LogP contribution < -0.4 is 4.72 Å². The number of nitrogens with one attached hydrogen (secondary N) is 1. The number of rotatable bonds is 5. The zero-order valence-electron chi connectivity index (χ0n) is 13.3. The van der Waals surface area contributed by atoms with Crippen LogP contribution in [0.15, 0.2) is 46.8 Å². The first-order valence-electron chi connectivity index (χ1n) is 7.02. The van der Waals surface area contributed by atoms with Crippen molar-refractivity contribution in [3.05, 3.63) is 36.5 Å². The normalized spacial score (nSPS) is 12.3. The van der Waals surface area contributed by atoms with Crippen LogP contribution in [-0.2, 0) is 10.2 Å². The molecule has 2 N–H and O–H groups in total. The summed E-state index contributed by atoms with van der Waals surface area (Å²) in [5, 5.41) is 19.4. The molecule has 0 saturated heterocycles. The van der Waals surface area contributed by atoms with E-state index in [1.165, 1.54) is 32.3 Å². The van der Waals surface area contributed by atoms with Gasteiger partial charge in [-0.15, -0.1) is 10.2 Å². The van der Waals surface area contributed by atoms with Crippen molar-refractivity contribution in [3.63, 3.8) is 0 Å². The van der Waals surface area contributed by atoms with E-state index >= 15 is 0 Å². The second-order valence-electron chi connectivity index (χ2n) is 5.15. The summed E-state index contributed by atoms with van der Waals surface area (Å²) in [7, 11) is -0.981. The summed E-state index contributed by atoms with van der Waals surface area (Å²) in [5.74, 6) is -0.211. The van der Waals surface area contributed by atoms with Crippen LogP contribution in [0.25, 0.3) is 11.0 Å². The minimum atomic E-state index is -3.74. The van der Waals surface area contributed by atoms with Crippen LogP contribution in [0.1, 0.15) is 0 Å². The molecule has 0 saturated carbocycles. The molecule has 1 aromatic carbocycles. The largest absolute Gasteiger partial charge is 0.506 e. The smallest absolute Gasteiger partial charge is 0.301 e. The van der Waals surface area contributed by atoms with Gasteiger partial charge in [0.1, 0.15) is 5.75 Å². The molecule has 0 amide bonds. The van der Waals surface area contributed by atoms with Gasteiger partial charge in [0.2, 0.25) is 0 Å². The second-order valence-corrected chi connectivity index (χ2v) is 7.79. The van der Waals surface area contributed by atoms with Crippen LogP contribution in [0.2, 0.25) is 0 Å². The third kappa shape index (κ3) is 3.73. The Morgan fingerprint density at radius 2 is 2.04 bits per heavy atom.